The first-order valence-corrected chi connectivity index (χ1v) is 6.43. The quantitative estimate of drug-likeness (QED) is 0.762. The summed E-state index contributed by atoms with van der Waals surface area (Å²) in [4.78, 5) is 0. The standard InChI is InChI=1S/C12H16BrF2NO3/c1-18-7-9(17)6-16-5-8-2-3-11(10(13)4-8)19-12(14)15/h2-4,9,12,16-17H,5-7H2,1H3. The number of hydrogen-bond donors (Lipinski definition) is 2. The number of rotatable bonds is 8. The van der Waals surface area contributed by atoms with Crippen LogP contribution in [0.25, 0.3) is 0 Å². The van der Waals surface area contributed by atoms with Gasteiger partial charge in [0, 0.05) is 20.2 Å². The molecule has 7 heteroatoms. The minimum absolute atomic E-state index is 0.0955. The molecule has 2 N–H and O–H groups in total. The Morgan fingerprint density at radius 1 is 1.42 bits per heavy atom. The van der Waals surface area contributed by atoms with Gasteiger partial charge in [0.2, 0.25) is 0 Å². The highest BCUT2D eigenvalue weighted by Gasteiger charge is 2.09. The molecule has 0 amide bonds. The van der Waals surface area contributed by atoms with Gasteiger partial charge in [-0.05, 0) is 33.6 Å². The number of benzene rings is 1. The average molecular weight is 340 g/mol. The third kappa shape index (κ3) is 6.29. The van der Waals surface area contributed by atoms with Crippen LogP contribution < -0.4 is 10.1 Å². The molecule has 0 aliphatic heterocycles. The first kappa shape index (κ1) is 16.3. The molecule has 4 nitrogen and oxygen atoms in total. The van der Waals surface area contributed by atoms with Crippen LogP contribution in [0.15, 0.2) is 22.7 Å². The topological polar surface area (TPSA) is 50.7 Å². The molecule has 0 aliphatic rings. The molecule has 0 heterocycles. The Kier molecular flexibility index (Phi) is 7.22. The molecule has 0 spiro atoms. The van der Waals surface area contributed by atoms with Crippen LogP contribution in [-0.2, 0) is 11.3 Å². The fraction of sp³-hybridized carbons (Fsp3) is 0.500. The lowest BCUT2D eigenvalue weighted by Gasteiger charge is -2.12. The first-order valence-electron chi connectivity index (χ1n) is 5.64. The monoisotopic (exact) mass is 339 g/mol. The van der Waals surface area contributed by atoms with Gasteiger partial charge in [0.15, 0.2) is 0 Å². The van der Waals surface area contributed by atoms with Crippen molar-refractivity contribution in [2.24, 2.45) is 0 Å². The zero-order valence-corrected chi connectivity index (χ0v) is 12.0. The van der Waals surface area contributed by atoms with Gasteiger partial charge < -0.3 is 19.9 Å². The summed E-state index contributed by atoms with van der Waals surface area (Å²) in [5.41, 5.74) is 0.887. The van der Waals surface area contributed by atoms with Gasteiger partial charge in [0.05, 0.1) is 17.2 Å². The minimum atomic E-state index is -2.84. The van der Waals surface area contributed by atoms with Gasteiger partial charge >= 0.3 is 6.61 Å². The van der Waals surface area contributed by atoms with E-state index in [1.807, 2.05) is 0 Å². The van der Waals surface area contributed by atoms with Crippen molar-refractivity contribution in [2.45, 2.75) is 19.3 Å². The van der Waals surface area contributed by atoms with Crippen LogP contribution in [0.3, 0.4) is 0 Å². The molecule has 0 radical (unpaired) electrons. The second-order valence-corrected chi connectivity index (χ2v) is 4.74. The van der Waals surface area contributed by atoms with Crippen molar-refractivity contribution < 1.29 is 23.4 Å². The number of aliphatic hydroxyl groups excluding tert-OH is 1. The van der Waals surface area contributed by atoms with Crippen molar-refractivity contribution in [1.29, 1.82) is 0 Å². The van der Waals surface area contributed by atoms with Crippen molar-refractivity contribution in [2.75, 3.05) is 20.3 Å². The van der Waals surface area contributed by atoms with Crippen LogP contribution in [0.5, 0.6) is 5.75 Å². The molecular formula is C12H16BrF2NO3. The van der Waals surface area contributed by atoms with Gasteiger partial charge in [0.1, 0.15) is 5.75 Å². The van der Waals surface area contributed by atoms with Crippen molar-refractivity contribution in [3.63, 3.8) is 0 Å². The summed E-state index contributed by atoms with van der Waals surface area (Å²) in [7, 11) is 1.52. The van der Waals surface area contributed by atoms with E-state index in [-0.39, 0.29) is 12.4 Å². The van der Waals surface area contributed by atoms with Crippen molar-refractivity contribution in [3.8, 4) is 5.75 Å². The van der Waals surface area contributed by atoms with Gasteiger partial charge in [-0.25, -0.2) is 0 Å². The fourth-order valence-electron chi connectivity index (χ4n) is 1.48. The normalized spacial score (nSPS) is 12.7. The number of ether oxygens (including phenoxy) is 2. The average Bonchev–Trinajstić information content (AvgIpc) is 2.32. The van der Waals surface area contributed by atoms with Crippen molar-refractivity contribution in [3.05, 3.63) is 28.2 Å². The van der Waals surface area contributed by atoms with Gasteiger partial charge in [-0.1, -0.05) is 6.07 Å². The van der Waals surface area contributed by atoms with E-state index in [2.05, 4.69) is 26.0 Å². The van der Waals surface area contributed by atoms with E-state index in [4.69, 9.17) is 4.74 Å². The fourth-order valence-corrected chi connectivity index (χ4v) is 2.00. The van der Waals surface area contributed by atoms with E-state index in [0.717, 1.165) is 5.56 Å². The molecule has 1 rings (SSSR count). The van der Waals surface area contributed by atoms with Crippen LogP contribution in [0.1, 0.15) is 5.56 Å². The zero-order chi connectivity index (χ0) is 14.3. The molecule has 0 bridgehead atoms. The summed E-state index contributed by atoms with van der Waals surface area (Å²) >= 11 is 3.17. The number of halogens is 3. The van der Waals surface area contributed by atoms with Crippen molar-refractivity contribution in [1.82, 2.24) is 5.32 Å². The second-order valence-electron chi connectivity index (χ2n) is 3.88. The van der Waals surface area contributed by atoms with E-state index in [1.54, 1.807) is 12.1 Å². The highest BCUT2D eigenvalue weighted by molar-refractivity contribution is 9.10. The van der Waals surface area contributed by atoms with E-state index in [1.165, 1.54) is 13.2 Å². The third-order valence-electron chi connectivity index (χ3n) is 2.28. The molecule has 0 fully saturated rings. The maximum Gasteiger partial charge on any atom is 0.387 e. The molecule has 1 unspecified atom stereocenters. The van der Waals surface area contributed by atoms with Crippen LogP contribution in [-0.4, -0.2) is 38.1 Å². The van der Waals surface area contributed by atoms with Crippen LogP contribution in [0.4, 0.5) is 8.78 Å². The van der Waals surface area contributed by atoms with E-state index in [9.17, 15) is 13.9 Å². The maximum atomic E-state index is 12.1. The summed E-state index contributed by atoms with van der Waals surface area (Å²) in [5.74, 6) is 0.0955. The Labute approximate surface area is 118 Å². The molecule has 1 aromatic carbocycles. The predicted octanol–water partition coefficient (Wildman–Crippen LogP) is 2.15. The zero-order valence-electron chi connectivity index (χ0n) is 10.4. The predicted molar refractivity (Wildman–Crippen MR) is 70.4 cm³/mol. The maximum absolute atomic E-state index is 12.1. The van der Waals surface area contributed by atoms with Gasteiger partial charge in [0.25, 0.3) is 0 Å². The molecule has 0 saturated heterocycles. The molecule has 1 aromatic rings. The Balaban J connectivity index is 2.45. The van der Waals surface area contributed by atoms with E-state index >= 15 is 0 Å². The molecular weight excluding hydrogens is 324 g/mol. The second kappa shape index (κ2) is 8.42. The Hall–Kier alpha value is -0.760. The van der Waals surface area contributed by atoms with E-state index in [0.29, 0.717) is 17.6 Å². The van der Waals surface area contributed by atoms with Gasteiger partial charge in [-0.2, -0.15) is 8.78 Å². The Morgan fingerprint density at radius 2 is 2.16 bits per heavy atom. The molecule has 0 aliphatic carbocycles. The summed E-state index contributed by atoms with van der Waals surface area (Å²) in [6, 6.07) is 4.84. The number of methoxy groups -OCH3 is 1. The molecule has 0 saturated carbocycles. The lowest BCUT2D eigenvalue weighted by atomic mass is 10.2. The molecule has 19 heavy (non-hydrogen) atoms. The molecule has 1 atom stereocenters. The lowest BCUT2D eigenvalue weighted by Crippen LogP contribution is -2.29. The SMILES string of the molecule is COCC(O)CNCc1ccc(OC(F)F)c(Br)c1. The number of hydrogen-bond acceptors (Lipinski definition) is 4. The summed E-state index contributed by atoms with van der Waals surface area (Å²) in [5, 5.41) is 12.5. The highest BCUT2D eigenvalue weighted by Crippen LogP contribution is 2.27. The summed E-state index contributed by atoms with van der Waals surface area (Å²) in [6.45, 7) is -1.68. The lowest BCUT2D eigenvalue weighted by molar-refractivity contribution is -0.0503. The third-order valence-corrected chi connectivity index (χ3v) is 2.90. The van der Waals surface area contributed by atoms with E-state index < -0.39 is 12.7 Å². The van der Waals surface area contributed by atoms with Gasteiger partial charge in [-0.3, -0.25) is 0 Å². The van der Waals surface area contributed by atoms with Crippen LogP contribution in [0, 0.1) is 0 Å². The highest BCUT2D eigenvalue weighted by atomic mass is 79.9. The first-order chi connectivity index (χ1) is 9.02. The molecule has 0 aromatic heterocycles. The smallest absolute Gasteiger partial charge is 0.387 e. The van der Waals surface area contributed by atoms with Crippen LogP contribution in [0.2, 0.25) is 0 Å². The number of nitrogens with one attached hydrogen (secondary N) is 1. The number of alkyl halides is 2. The van der Waals surface area contributed by atoms with Gasteiger partial charge in [-0.15, -0.1) is 0 Å². The Bertz CT molecular complexity index is 393. The molecule has 108 valence electrons. The Morgan fingerprint density at radius 3 is 2.74 bits per heavy atom. The summed E-state index contributed by atoms with van der Waals surface area (Å²) in [6.07, 6.45) is -0.574. The minimum Gasteiger partial charge on any atom is -0.434 e. The largest absolute Gasteiger partial charge is 0.434 e. The summed E-state index contributed by atoms with van der Waals surface area (Å²) < 4.78 is 33.7. The van der Waals surface area contributed by atoms with Crippen LogP contribution >= 0.6 is 15.9 Å². The number of aliphatic hydroxyl groups is 1. The van der Waals surface area contributed by atoms with Crippen molar-refractivity contribution >= 4 is 15.9 Å².